The molecule has 2 heteroatoms. The Morgan fingerprint density at radius 2 is 0.598 bits per heavy atom. The van der Waals surface area contributed by atoms with E-state index in [-0.39, 0.29) is 11.8 Å². The van der Waals surface area contributed by atoms with Gasteiger partial charge < -0.3 is 9.80 Å². The summed E-state index contributed by atoms with van der Waals surface area (Å²) in [5.74, 6) is 0.0363. The molecular formula is C80H56N2. The number of hydrogen-bond donors (Lipinski definition) is 0. The molecule has 386 valence electrons. The fourth-order valence-electron chi connectivity index (χ4n) is 13.3. The molecule has 2 aliphatic rings. The highest BCUT2D eigenvalue weighted by molar-refractivity contribution is 6.19. The van der Waals surface area contributed by atoms with Crippen molar-refractivity contribution in [2.45, 2.75) is 11.8 Å². The summed E-state index contributed by atoms with van der Waals surface area (Å²) in [6, 6.07) is 113. The van der Waals surface area contributed by atoms with Crippen LogP contribution in [-0.2, 0) is 0 Å². The zero-order valence-corrected chi connectivity index (χ0v) is 45.2. The van der Waals surface area contributed by atoms with E-state index in [1.165, 1.54) is 99.4 Å². The van der Waals surface area contributed by atoms with Gasteiger partial charge in [0.25, 0.3) is 0 Å². The standard InChI is InChI=1S/C80H56N2/c1-7-25-55(26-8-1)73-54-74(56-43-48-64(49-44-56)81(60-29-11-3-12-30-60)61-31-13-4-14-32-61)79-67-38-20-19-37-66(67)75-53-59(77-70-41-23-21-39-68(70)76(57-27-9-2-10-28-57)69-40-22-24-42-71(69)77)47-52-72(75)80(79)78(73)58-45-50-65(51-46-58)82(62-33-15-5-16-34-62)63-35-17-6-18-36-63/h1-54,72,75H. The lowest BCUT2D eigenvalue weighted by atomic mass is 9.64. The number of rotatable bonds is 11. The Bertz CT molecular complexity index is 4380. The molecule has 0 N–H and O–H groups in total. The van der Waals surface area contributed by atoms with Crippen LogP contribution < -0.4 is 9.80 Å². The molecule has 2 atom stereocenters. The molecule has 0 bridgehead atoms. The lowest BCUT2D eigenvalue weighted by Gasteiger charge is -2.39. The van der Waals surface area contributed by atoms with E-state index >= 15 is 0 Å². The number of para-hydroxylation sites is 4. The largest absolute Gasteiger partial charge is 0.311 e. The zero-order valence-electron chi connectivity index (χ0n) is 45.2. The third-order valence-electron chi connectivity index (χ3n) is 16.8. The van der Waals surface area contributed by atoms with Crippen molar-refractivity contribution in [1.29, 1.82) is 0 Å². The van der Waals surface area contributed by atoms with Crippen molar-refractivity contribution in [3.05, 3.63) is 344 Å². The molecule has 2 unspecified atom stereocenters. The molecule has 0 radical (unpaired) electrons. The molecule has 0 fully saturated rings. The Morgan fingerprint density at radius 1 is 0.244 bits per heavy atom. The second-order valence-electron chi connectivity index (χ2n) is 21.4. The van der Waals surface area contributed by atoms with Crippen molar-refractivity contribution in [1.82, 2.24) is 0 Å². The molecule has 0 aliphatic heterocycles. The molecule has 13 aromatic carbocycles. The molecule has 0 saturated carbocycles. The van der Waals surface area contributed by atoms with Gasteiger partial charge in [-0.3, -0.25) is 0 Å². The molecule has 15 rings (SSSR count). The van der Waals surface area contributed by atoms with E-state index in [4.69, 9.17) is 0 Å². The van der Waals surface area contributed by atoms with E-state index in [9.17, 15) is 0 Å². The summed E-state index contributed by atoms with van der Waals surface area (Å²) < 4.78 is 0. The maximum absolute atomic E-state index is 2.61. The number of benzene rings is 13. The summed E-state index contributed by atoms with van der Waals surface area (Å²) >= 11 is 0. The summed E-state index contributed by atoms with van der Waals surface area (Å²) in [5, 5.41) is 5.04. The minimum Gasteiger partial charge on any atom is -0.311 e. The summed E-state index contributed by atoms with van der Waals surface area (Å²) in [6.45, 7) is 0. The van der Waals surface area contributed by atoms with E-state index in [0.717, 1.165) is 34.1 Å². The maximum atomic E-state index is 2.61. The van der Waals surface area contributed by atoms with Crippen LogP contribution in [0.3, 0.4) is 0 Å². The molecule has 2 nitrogen and oxygen atoms in total. The molecule has 2 aliphatic carbocycles. The molecule has 0 heterocycles. The zero-order chi connectivity index (χ0) is 54.3. The minimum atomic E-state index is 0.00270. The van der Waals surface area contributed by atoms with Crippen LogP contribution in [0, 0.1) is 0 Å². The lowest BCUT2D eigenvalue weighted by molar-refractivity contribution is 0.724. The summed E-state index contributed by atoms with van der Waals surface area (Å²) in [6.07, 6.45) is 7.61. The van der Waals surface area contributed by atoms with Gasteiger partial charge in [-0.15, -0.1) is 0 Å². The van der Waals surface area contributed by atoms with Crippen LogP contribution in [0.1, 0.15) is 28.5 Å². The Morgan fingerprint density at radius 3 is 1.09 bits per heavy atom. The first kappa shape index (κ1) is 48.6. The number of fused-ring (bicyclic) bond motifs is 8. The van der Waals surface area contributed by atoms with Crippen molar-refractivity contribution in [2.24, 2.45) is 0 Å². The fourth-order valence-corrected chi connectivity index (χ4v) is 13.3. The highest BCUT2D eigenvalue weighted by Gasteiger charge is 2.38. The van der Waals surface area contributed by atoms with Gasteiger partial charge in [0.1, 0.15) is 0 Å². The van der Waals surface area contributed by atoms with Crippen LogP contribution in [0.4, 0.5) is 34.1 Å². The van der Waals surface area contributed by atoms with Gasteiger partial charge in [0, 0.05) is 46.0 Å². The maximum Gasteiger partial charge on any atom is 0.0462 e. The molecule has 0 spiro atoms. The van der Waals surface area contributed by atoms with Crippen molar-refractivity contribution in [2.75, 3.05) is 9.80 Å². The minimum absolute atomic E-state index is 0.00270. The normalized spacial score (nSPS) is 14.1. The van der Waals surface area contributed by atoms with Crippen LogP contribution >= 0.6 is 0 Å². The Hall–Kier alpha value is -10.5. The van der Waals surface area contributed by atoms with E-state index in [1.54, 1.807) is 0 Å². The number of allylic oxidation sites excluding steroid dienone is 4. The van der Waals surface area contributed by atoms with Gasteiger partial charge in [-0.1, -0.05) is 249 Å². The van der Waals surface area contributed by atoms with Gasteiger partial charge in [-0.25, -0.2) is 0 Å². The van der Waals surface area contributed by atoms with Crippen molar-refractivity contribution in [3.8, 4) is 55.6 Å². The van der Waals surface area contributed by atoms with Crippen molar-refractivity contribution in [3.63, 3.8) is 0 Å². The van der Waals surface area contributed by atoms with Gasteiger partial charge in [-0.05, 0) is 178 Å². The molecule has 13 aromatic rings. The summed E-state index contributed by atoms with van der Waals surface area (Å²) in [5.41, 5.74) is 24.1. The van der Waals surface area contributed by atoms with Crippen LogP contribution in [-0.4, -0.2) is 0 Å². The Balaban J connectivity index is 0.967. The number of nitrogens with zero attached hydrogens (tertiary/aromatic N) is 2. The first-order chi connectivity index (χ1) is 40.7. The van der Waals surface area contributed by atoms with E-state index in [1.807, 2.05) is 0 Å². The van der Waals surface area contributed by atoms with Gasteiger partial charge in [-0.2, -0.15) is 0 Å². The fraction of sp³-hybridized carbons (Fsp3) is 0.0250. The second-order valence-corrected chi connectivity index (χ2v) is 21.4. The SMILES string of the molecule is C1=CC2c3c(-c4ccc(N(c5ccccc5)c5ccccc5)cc4)c(-c4ccccc4)cc(-c4ccc(N(c5ccccc5)c5ccccc5)cc4)c3-c3ccccc3C2C=C1c1c2ccccc2c(-c2ccccc2)c2ccccc12. The molecular weight excluding hydrogens is 989 g/mol. The predicted octanol–water partition coefficient (Wildman–Crippen LogP) is 22.1. The highest BCUT2D eigenvalue weighted by Crippen LogP contribution is 2.59. The van der Waals surface area contributed by atoms with Crippen LogP contribution in [0.25, 0.3) is 82.8 Å². The quantitative estimate of drug-likeness (QED) is 0.119. The van der Waals surface area contributed by atoms with Crippen molar-refractivity contribution < 1.29 is 0 Å². The Kier molecular flexibility index (Phi) is 12.4. The number of anilines is 6. The van der Waals surface area contributed by atoms with E-state index < -0.39 is 0 Å². The smallest absolute Gasteiger partial charge is 0.0462 e. The Labute approximate surface area is 480 Å². The molecule has 0 amide bonds. The predicted molar refractivity (Wildman–Crippen MR) is 347 cm³/mol. The van der Waals surface area contributed by atoms with Crippen LogP contribution in [0.5, 0.6) is 0 Å². The van der Waals surface area contributed by atoms with Crippen molar-refractivity contribution >= 4 is 61.2 Å². The topological polar surface area (TPSA) is 6.48 Å². The van der Waals surface area contributed by atoms with E-state index in [2.05, 4.69) is 337 Å². The molecule has 0 saturated heterocycles. The highest BCUT2D eigenvalue weighted by atomic mass is 15.1. The van der Waals surface area contributed by atoms with Gasteiger partial charge in [0.2, 0.25) is 0 Å². The van der Waals surface area contributed by atoms with E-state index in [0.29, 0.717) is 0 Å². The summed E-state index contributed by atoms with van der Waals surface area (Å²) in [7, 11) is 0. The first-order valence-corrected chi connectivity index (χ1v) is 28.5. The molecule has 82 heavy (non-hydrogen) atoms. The third kappa shape index (κ3) is 8.52. The third-order valence-corrected chi connectivity index (χ3v) is 16.8. The lowest BCUT2D eigenvalue weighted by Crippen LogP contribution is -2.19. The van der Waals surface area contributed by atoms with Gasteiger partial charge in [0.15, 0.2) is 0 Å². The van der Waals surface area contributed by atoms with Crippen LogP contribution in [0.2, 0.25) is 0 Å². The summed E-state index contributed by atoms with van der Waals surface area (Å²) in [4.78, 5) is 4.69. The van der Waals surface area contributed by atoms with Gasteiger partial charge >= 0.3 is 0 Å². The first-order valence-electron chi connectivity index (χ1n) is 28.5. The number of hydrogen-bond acceptors (Lipinski definition) is 2. The average Bonchev–Trinajstić information content (AvgIpc) is 1.47. The monoisotopic (exact) mass is 1040 g/mol. The van der Waals surface area contributed by atoms with Crippen LogP contribution in [0.15, 0.2) is 328 Å². The second kappa shape index (κ2) is 20.9. The molecule has 0 aromatic heterocycles. The average molecular weight is 1050 g/mol. The van der Waals surface area contributed by atoms with Gasteiger partial charge in [0.05, 0.1) is 0 Å².